The van der Waals surface area contributed by atoms with Crippen molar-refractivity contribution in [2.75, 3.05) is 26.4 Å². The second-order valence-corrected chi connectivity index (χ2v) is 2.78. The first-order chi connectivity index (χ1) is 5.27. The maximum atomic E-state index is 5.38. The molecule has 0 aromatic heterocycles. The van der Waals surface area contributed by atoms with Crippen LogP contribution in [-0.4, -0.2) is 32.2 Å². The van der Waals surface area contributed by atoms with Crippen molar-refractivity contribution in [1.29, 1.82) is 0 Å². The molecule has 1 heterocycles. The Morgan fingerprint density at radius 3 is 2.55 bits per heavy atom. The summed E-state index contributed by atoms with van der Waals surface area (Å²) < 4.78 is 16.0. The molecule has 0 spiro atoms. The molecule has 0 aliphatic carbocycles. The van der Waals surface area contributed by atoms with Crippen LogP contribution in [0.1, 0.15) is 20.3 Å². The van der Waals surface area contributed by atoms with Gasteiger partial charge in [0.15, 0.2) is 5.79 Å². The Morgan fingerprint density at radius 2 is 2.00 bits per heavy atom. The van der Waals surface area contributed by atoms with Gasteiger partial charge in [-0.15, -0.1) is 0 Å². The second kappa shape index (κ2) is 4.04. The van der Waals surface area contributed by atoms with Gasteiger partial charge in [-0.25, -0.2) is 0 Å². The Kier molecular flexibility index (Phi) is 3.30. The first-order valence-electron chi connectivity index (χ1n) is 4.12. The average Bonchev–Trinajstić information content (AvgIpc) is 2.38. The van der Waals surface area contributed by atoms with Gasteiger partial charge in [-0.05, 0) is 13.8 Å². The van der Waals surface area contributed by atoms with Crippen LogP contribution >= 0.6 is 0 Å². The third-order valence-corrected chi connectivity index (χ3v) is 1.80. The Hall–Kier alpha value is -0.120. The molecule has 1 aliphatic heterocycles. The molecule has 3 nitrogen and oxygen atoms in total. The van der Waals surface area contributed by atoms with E-state index in [4.69, 9.17) is 14.2 Å². The lowest BCUT2D eigenvalue weighted by atomic mass is 10.2. The minimum Gasteiger partial charge on any atom is -0.382 e. The monoisotopic (exact) mass is 160 g/mol. The Labute approximate surface area is 67.6 Å². The third kappa shape index (κ3) is 2.77. The van der Waals surface area contributed by atoms with Gasteiger partial charge in [0.2, 0.25) is 0 Å². The summed E-state index contributed by atoms with van der Waals surface area (Å²) in [5.41, 5.74) is 0. The predicted octanol–water partition coefficient (Wildman–Crippen LogP) is 1.18. The fraction of sp³-hybridized carbons (Fsp3) is 1.00. The number of hydrogen-bond acceptors (Lipinski definition) is 3. The van der Waals surface area contributed by atoms with Gasteiger partial charge in [0.1, 0.15) is 0 Å². The molecule has 0 amide bonds. The van der Waals surface area contributed by atoms with Crippen molar-refractivity contribution in [2.45, 2.75) is 26.1 Å². The molecule has 0 atom stereocenters. The second-order valence-electron chi connectivity index (χ2n) is 2.78. The molecule has 1 rings (SSSR count). The van der Waals surface area contributed by atoms with Crippen molar-refractivity contribution < 1.29 is 14.2 Å². The molecule has 0 N–H and O–H groups in total. The Bertz CT molecular complexity index is 108. The van der Waals surface area contributed by atoms with E-state index in [-0.39, 0.29) is 5.79 Å². The van der Waals surface area contributed by atoms with Gasteiger partial charge in [0.25, 0.3) is 0 Å². The molecule has 3 heteroatoms. The first-order valence-corrected chi connectivity index (χ1v) is 4.12. The fourth-order valence-electron chi connectivity index (χ4n) is 1.10. The molecule has 0 unspecified atom stereocenters. The number of ether oxygens (including phenoxy) is 3. The van der Waals surface area contributed by atoms with Crippen LogP contribution in [0.2, 0.25) is 0 Å². The lowest BCUT2D eigenvalue weighted by molar-refractivity contribution is -0.155. The van der Waals surface area contributed by atoms with Gasteiger partial charge in [-0.3, -0.25) is 0 Å². The van der Waals surface area contributed by atoms with Crippen LogP contribution in [0.15, 0.2) is 0 Å². The predicted molar refractivity (Wildman–Crippen MR) is 41.4 cm³/mol. The molecule has 1 fully saturated rings. The lowest BCUT2D eigenvalue weighted by Crippen LogP contribution is -2.27. The normalized spacial score (nSPS) is 22.4. The van der Waals surface area contributed by atoms with E-state index < -0.39 is 0 Å². The maximum absolute atomic E-state index is 5.38. The SMILES string of the molecule is CCOCCC1(C)OCCO1. The van der Waals surface area contributed by atoms with Crippen molar-refractivity contribution in [2.24, 2.45) is 0 Å². The van der Waals surface area contributed by atoms with Crippen LogP contribution in [0.4, 0.5) is 0 Å². The molecule has 11 heavy (non-hydrogen) atoms. The highest BCUT2D eigenvalue weighted by atomic mass is 16.7. The van der Waals surface area contributed by atoms with Crippen LogP contribution in [-0.2, 0) is 14.2 Å². The van der Waals surface area contributed by atoms with Gasteiger partial charge < -0.3 is 14.2 Å². The summed E-state index contributed by atoms with van der Waals surface area (Å²) >= 11 is 0. The molecule has 1 aliphatic rings. The molecule has 0 bridgehead atoms. The summed E-state index contributed by atoms with van der Waals surface area (Å²) in [5.74, 6) is -0.380. The van der Waals surface area contributed by atoms with Gasteiger partial charge in [0, 0.05) is 13.0 Å². The van der Waals surface area contributed by atoms with Crippen LogP contribution in [0, 0.1) is 0 Å². The van der Waals surface area contributed by atoms with Crippen LogP contribution in [0.25, 0.3) is 0 Å². The summed E-state index contributed by atoms with van der Waals surface area (Å²) in [6, 6.07) is 0. The quantitative estimate of drug-likeness (QED) is 0.578. The maximum Gasteiger partial charge on any atom is 0.167 e. The van der Waals surface area contributed by atoms with E-state index in [0.717, 1.165) is 13.0 Å². The van der Waals surface area contributed by atoms with Crippen molar-refractivity contribution in [3.8, 4) is 0 Å². The minimum absolute atomic E-state index is 0.380. The standard InChI is InChI=1S/C8H16O3/c1-3-9-5-4-8(2)10-6-7-11-8/h3-7H2,1-2H3. The van der Waals surface area contributed by atoms with E-state index in [1.54, 1.807) is 0 Å². The van der Waals surface area contributed by atoms with Crippen LogP contribution < -0.4 is 0 Å². The van der Waals surface area contributed by atoms with E-state index in [2.05, 4.69) is 0 Å². The largest absolute Gasteiger partial charge is 0.382 e. The molecule has 0 radical (unpaired) electrons. The zero-order valence-electron chi connectivity index (χ0n) is 7.26. The molecular weight excluding hydrogens is 144 g/mol. The molecule has 1 saturated heterocycles. The fourth-order valence-corrected chi connectivity index (χ4v) is 1.10. The summed E-state index contributed by atoms with van der Waals surface area (Å²) in [7, 11) is 0. The minimum atomic E-state index is -0.380. The average molecular weight is 160 g/mol. The van der Waals surface area contributed by atoms with Crippen molar-refractivity contribution in [1.82, 2.24) is 0 Å². The number of hydrogen-bond donors (Lipinski definition) is 0. The van der Waals surface area contributed by atoms with E-state index in [1.807, 2.05) is 13.8 Å². The van der Waals surface area contributed by atoms with E-state index in [0.29, 0.717) is 19.8 Å². The number of rotatable bonds is 4. The molecule has 0 aromatic rings. The Balaban J connectivity index is 2.13. The molecule has 0 saturated carbocycles. The van der Waals surface area contributed by atoms with Crippen molar-refractivity contribution >= 4 is 0 Å². The highest BCUT2D eigenvalue weighted by Gasteiger charge is 2.30. The summed E-state index contributed by atoms with van der Waals surface area (Å²) in [5, 5.41) is 0. The highest BCUT2D eigenvalue weighted by Crippen LogP contribution is 2.21. The van der Waals surface area contributed by atoms with Crippen molar-refractivity contribution in [3.05, 3.63) is 0 Å². The van der Waals surface area contributed by atoms with Crippen LogP contribution in [0.3, 0.4) is 0 Å². The zero-order chi connectivity index (χ0) is 8.16. The van der Waals surface area contributed by atoms with E-state index in [1.165, 1.54) is 0 Å². The molecule has 66 valence electrons. The topological polar surface area (TPSA) is 27.7 Å². The third-order valence-electron chi connectivity index (χ3n) is 1.80. The summed E-state index contributed by atoms with van der Waals surface area (Å²) in [6.07, 6.45) is 0.820. The van der Waals surface area contributed by atoms with Gasteiger partial charge in [-0.2, -0.15) is 0 Å². The lowest BCUT2D eigenvalue weighted by Gasteiger charge is -2.21. The smallest absolute Gasteiger partial charge is 0.167 e. The molecule has 0 aromatic carbocycles. The zero-order valence-corrected chi connectivity index (χ0v) is 7.26. The van der Waals surface area contributed by atoms with Crippen molar-refractivity contribution in [3.63, 3.8) is 0 Å². The van der Waals surface area contributed by atoms with Crippen LogP contribution in [0.5, 0.6) is 0 Å². The van der Waals surface area contributed by atoms with E-state index >= 15 is 0 Å². The van der Waals surface area contributed by atoms with Gasteiger partial charge in [-0.1, -0.05) is 0 Å². The van der Waals surface area contributed by atoms with Gasteiger partial charge in [0.05, 0.1) is 19.8 Å². The van der Waals surface area contributed by atoms with E-state index in [9.17, 15) is 0 Å². The van der Waals surface area contributed by atoms with Gasteiger partial charge >= 0.3 is 0 Å². The Morgan fingerprint density at radius 1 is 1.36 bits per heavy atom. The molecular formula is C8H16O3. The highest BCUT2D eigenvalue weighted by molar-refractivity contribution is 4.67. The first kappa shape index (κ1) is 8.97. The summed E-state index contributed by atoms with van der Waals surface area (Å²) in [4.78, 5) is 0. The summed E-state index contributed by atoms with van der Waals surface area (Å²) in [6.45, 7) is 6.84.